The van der Waals surface area contributed by atoms with Gasteiger partial charge < -0.3 is 15.9 Å². The molecular formula is C7H10N2O2. The molecule has 4 heteroatoms. The van der Waals surface area contributed by atoms with Crippen LogP contribution in [0.3, 0.4) is 0 Å². The summed E-state index contributed by atoms with van der Waals surface area (Å²) in [5.74, 6) is 0.165. The number of primary amides is 1. The normalized spacial score (nSPS) is 12.8. The summed E-state index contributed by atoms with van der Waals surface area (Å²) in [5, 5.41) is 0. The maximum absolute atomic E-state index is 10.4. The SMILES string of the molecule is NC(=O)C[C@@H](N)c1ccco1. The molecule has 0 aliphatic heterocycles. The van der Waals surface area contributed by atoms with Gasteiger partial charge in [0.25, 0.3) is 0 Å². The Morgan fingerprint density at radius 3 is 2.91 bits per heavy atom. The molecular weight excluding hydrogens is 144 g/mol. The fraction of sp³-hybridized carbons (Fsp3) is 0.286. The highest BCUT2D eigenvalue weighted by molar-refractivity contribution is 5.74. The van der Waals surface area contributed by atoms with Crippen molar-refractivity contribution < 1.29 is 9.21 Å². The Morgan fingerprint density at radius 2 is 2.45 bits per heavy atom. The number of hydrogen-bond donors (Lipinski definition) is 2. The lowest BCUT2D eigenvalue weighted by Gasteiger charge is -2.03. The van der Waals surface area contributed by atoms with Crippen molar-refractivity contribution >= 4 is 5.91 Å². The van der Waals surface area contributed by atoms with Crippen LogP contribution in [0.2, 0.25) is 0 Å². The van der Waals surface area contributed by atoms with Crippen LogP contribution >= 0.6 is 0 Å². The highest BCUT2D eigenvalue weighted by atomic mass is 16.3. The Morgan fingerprint density at radius 1 is 1.73 bits per heavy atom. The van der Waals surface area contributed by atoms with Crippen LogP contribution < -0.4 is 11.5 Å². The van der Waals surface area contributed by atoms with Gasteiger partial charge in [-0.05, 0) is 12.1 Å². The van der Waals surface area contributed by atoms with E-state index in [1.807, 2.05) is 0 Å². The minimum Gasteiger partial charge on any atom is -0.468 e. The second kappa shape index (κ2) is 3.21. The van der Waals surface area contributed by atoms with Crippen molar-refractivity contribution in [3.05, 3.63) is 24.2 Å². The predicted molar refractivity (Wildman–Crippen MR) is 39.4 cm³/mol. The van der Waals surface area contributed by atoms with Crippen LogP contribution in [0.1, 0.15) is 18.2 Å². The van der Waals surface area contributed by atoms with Gasteiger partial charge in [-0.25, -0.2) is 0 Å². The van der Waals surface area contributed by atoms with Gasteiger partial charge in [0.05, 0.1) is 12.3 Å². The zero-order valence-electron chi connectivity index (χ0n) is 5.99. The number of carbonyl (C=O) groups is 1. The first-order valence-electron chi connectivity index (χ1n) is 3.27. The van der Waals surface area contributed by atoms with E-state index in [4.69, 9.17) is 15.9 Å². The van der Waals surface area contributed by atoms with Crippen LogP contribution in [0.4, 0.5) is 0 Å². The van der Waals surface area contributed by atoms with Crippen LogP contribution in [0.15, 0.2) is 22.8 Å². The van der Waals surface area contributed by atoms with E-state index in [0.29, 0.717) is 5.76 Å². The third kappa shape index (κ3) is 2.09. The lowest BCUT2D eigenvalue weighted by molar-refractivity contribution is -0.118. The van der Waals surface area contributed by atoms with Gasteiger partial charge in [0.2, 0.25) is 5.91 Å². The molecule has 0 radical (unpaired) electrons. The molecule has 0 saturated heterocycles. The summed E-state index contributed by atoms with van der Waals surface area (Å²) in [5.41, 5.74) is 10.5. The number of carbonyl (C=O) groups excluding carboxylic acids is 1. The second-order valence-electron chi connectivity index (χ2n) is 2.29. The average Bonchev–Trinajstić information content (AvgIpc) is 2.35. The van der Waals surface area contributed by atoms with E-state index in [1.54, 1.807) is 12.1 Å². The number of amides is 1. The zero-order valence-corrected chi connectivity index (χ0v) is 5.99. The first-order valence-corrected chi connectivity index (χ1v) is 3.27. The van der Waals surface area contributed by atoms with Gasteiger partial charge in [0.15, 0.2) is 0 Å². The molecule has 0 spiro atoms. The molecule has 1 atom stereocenters. The van der Waals surface area contributed by atoms with E-state index >= 15 is 0 Å². The third-order valence-electron chi connectivity index (χ3n) is 1.33. The highest BCUT2D eigenvalue weighted by Crippen LogP contribution is 2.12. The molecule has 0 aliphatic carbocycles. The molecule has 1 aromatic rings. The highest BCUT2D eigenvalue weighted by Gasteiger charge is 2.10. The van der Waals surface area contributed by atoms with Gasteiger partial charge in [-0.1, -0.05) is 0 Å². The second-order valence-corrected chi connectivity index (χ2v) is 2.29. The largest absolute Gasteiger partial charge is 0.468 e. The summed E-state index contributed by atoms with van der Waals surface area (Å²) in [4.78, 5) is 10.4. The Labute approximate surface area is 64.2 Å². The topological polar surface area (TPSA) is 82.2 Å². The quantitative estimate of drug-likeness (QED) is 0.650. The van der Waals surface area contributed by atoms with Gasteiger partial charge in [-0.15, -0.1) is 0 Å². The lowest BCUT2D eigenvalue weighted by atomic mass is 10.2. The molecule has 1 aromatic heterocycles. The summed E-state index contributed by atoms with van der Waals surface area (Å²) in [7, 11) is 0. The Balaban J connectivity index is 2.56. The summed E-state index contributed by atoms with van der Waals surface area (Å²) in [6, 6.07) is 3.02. The molecule has 1 heterocycles. The minimum atomic E-state index is -0.422. The maximum Gasteiger partial charge on any atom is 0.219 e. The van der Waals surface area contributed by atoms with Gasteiger partial charge in [-0.2, -0.15) is 0 Å². The number of nitrogens with two attached hydrogens (primary N) is 2. The van der Waals surface area contributed by atoms with Gasteiger partial charge in [-0.3, -0.25) is 4.79 Å². The molecule has 0 saturated carbocycles. The molecule has 11 heavy (non-hydrogen) atoms. The number of rotatable bonds is 3. The smallest absolute Gasteiger partial charge is 0.219 e. The molecule has 0 unspecified atom stereocenters. The van der Waals surface area contributed by atoms with E-state index in [1.165, 1.54) is 6.26 Å². The van der Waals surface area contributed by atoms with Crippen LogP contribution in [0.5, 0.6) is 0 Å². The average molecular weight is 154 g/mol. The van der Waals surface area contributed by atoms with Crippen molar-refractivity contribution in [1.82, 2.24) is 0 Å². The van der Waals surface area contributed by atoms with Crippen molar-refractivity contribution in [3.8, 4) is 0 Å². The monoisotopic (exact) mass is 154 g/mol. The van der Waals surface area contributed by atoms with Crippen molar-refractivity contribution in [3.63, 3.8) is 0 Å². The molecule has 0 bridgehead atoms. The first-order chi connectivity index (χ1) is 5.20. The molecule has 1 amide bonds. The van der Waals surface area contributed by atoms with Gasteiger partial charge >= 0.3 is 0 Å². The molecule has 60 valence electrons. The molecule has 0 aromatic carbocycles. The minimum absolute atomic E-state index is 0.119. The zero-order chi connectivity index (χ0) is 8.27. The summed E-state index contributed by atoms with van der Waals surface area (Å²) < 4.78 is 4.96. The summed E-state index contributed by atoms with van der Waals surface area (Å²) in [6.07, 6.45) is 1.63. The maximum atomic E-state index is 10.4. The van der Waals surface area contributed by atoms with E-state index in [0.717, 1.165) is 0 Å². The van der Waals surface area contributed by atoms with E-state index in [9.17, 15) is 4.79 Å². The fourth-order valence-electron chi connectivity index (χ4n) is 0.820. The Kier molecular flexibility index (Phi) is 2.28. The predicted octanol–water partition coefficient (Wildman–Crippen LogP) is 0.155. The van der Waals surface area contributed by atoms with Gasteiger partial charge in [0, 0.05) is 6.42 Å². The fourth-order valence-corrected chi connectivity index (χ4v) is 0.820. The van der Waals surface area contributed by atoms with Crippen LogP contribution in [0, 0.1) is 0 Å². The molecule has 1 rings (SSSR count). The van der Waals surface area contributed by atoms with Crippen molar-refractivity contribution in [2.75, 3.05) is 0 Å². The summed E-state index contributed by atoms with van der Waals surface area (Å²) >= 11 is 0. The van der Waals surface area contributed by atoms with E-state index in [-0.39, 0.29) is 6.42 Å². The van der Waals surface area contributed by atoms with Gasteiger partial charge in [0.1, 0.15) is 5.76 Å². The van der Waals surface area contributed by atoms with Crippen LogP contribution in [-0.2, 0) is 4.79 Å². The molecule has 0 fully saturated rings. The van der Waals surface area contributed by atoms with E-state index in [2.05, 4.69) is 0 Å². The standard InChI is InChI=1S/C7H10N2O2/c8-5(4-7(9)10)6-2-1-3-11-6/h1-3,5H,4,8H2,(H2,9,10)/t5-/m1/s1. The molecule has 4 nitrogen and oxygen atoms in total. The first kappa shape index (κ1) is 7.81. The van der Waals surface area contributed by atoms with Crippen LogP contribution in [-0.4, -0.2) is 5.91 Å². The third-order valence-corrected chi connectivity index (χ3v) is 1.33. The van der Waals surface area contributed by atoms with Crippen molar-refractivity contribution in [2.45, 2.75) is 12.5 Å². The Hall–Kier alpha value is -1.29. The van der Waals surface area contributed by atoms with Crippen LogP contribution in [0.25, 0.3) is 0 Å². The van der Waals surface area contributed by atoms with E-state index < -0.39 is 11.9 Å². The molecule has 4 N–H and O–H groups in total. The van der Waals surface area contributed by atoms with Crippen molar-refractivity contribution in [1.29, 1.82) is 0 Å². The number of hydrogen-bond acceptors (Lipinski definition) is 3. The summed E-state index contributed by atoms with van der Waals surface area (Å²) in [6.45, 7) is 0. The molecule has 0 aliphatic rings. The van der Waals surface area contributed by atoms with Crippen molar-refractivity contribution in [2.24, 2.45) is 11.5 Å². The Bertz CT molecular complexity index is 231. The number of furan rings is 1. The lowest BCUT2D eigenvalue weighted by Crippen LogP contribution is -2.20.